The second-order valence-corrected chi connectivity index (χ2v) is 5.09. The van der Waals surface area contributed by atoms with E-state index in [1.54, 1.807) is 14.2 Å². The number of anilines is 1. The highest BCUT2D eigenvalue weighted by Crippen LogP contribution is 2.22. The second kappa shape index (κ2) is 6.99. The summed E-state index contributed by atoms with van der Waals surface area (Å²) < 4.78 is 4.99. The number of aromatic nitrogens is 4. The molecule has 0 aliphatic rings. The van der Waals surface area contributed by atoms with Crippen LogP contribution in [0.25, 0.3) is 11.4 Å². The summed E-state index contributed by atoms with van der Waals surface area (Å²) in [5, 5.41) is 17.6. The van der Waals surface area contributed by atoms with Crippen molar-refractivity contribution in [3.8, 4) is 11.4 Å². The molecule has 2 amide bonds. The van der Waals surface area contributed by atoms with Gasteiger partial charge in [-0.25, -0.2) is 4.79 Å². The summed E-state index contributed by atoms with van der Waals surface area (Å²) in [4.78, 5) is 13.4. The van der Waals surface area contributed by atoms with E-state index in [0.29, 0.717) is 18.1 Å². The van der Waals surface area contributed by atoms with Crippen molar-refractivity contribution in [3.05, 3.63) is 23.8 Å². The molecule has 118 valence electrons. The standard InChI is InChI=1S/C14H20N6O2/c1-9-5-6-11(13-17-19-20(3)18-13)7-12(9)16-14(21)15-10(2)8-22-4/h5-7,10H,8H2,1-4H3,(H2,15,16,21)/t10-/m0/s1. The number of urea groups is 1. The van der Waals surface area contributed by atoms with Crippen LogP contribution in [0.4, 0.5) is 10.5 Å². The minimum absolute atomic E-state index is 0.0739. The number of ether oxygens (including phenoxy) is 1. The molecule has 1 heterocycles. The maximum Gasteiger partial charge on any atom is 0.319 e. The molecule has 0 aliphatic carbocycles. The number of hydrogen-bond acceptors (Lipinski definition) is 5. The van der Waals surface area contributed by atoms with Gasteiger partial charge in [0, 0.05) is 18.4 Å². The summed E-state index contributed by atoms with van der Waals surface area (Å²) in [5.74, 6) is 0.513. The van der Waals surface area contributed by atoms with Crippen LogP contribution in [-0.2, 0) is 11.8 Å². The topological polar surface area (TPSA) is 94.0 Å². The summed E-state index contributed by atoms with van der Waals surface area (Å²) in [5.41, 5.74) is 2.44. The predicted octanol–water partition coefficient (Wildman–Crippen LogP) is 1.34. The van der Waals surface area contributed by atoms with Crippen molar-refractivity contribution in [3.63, 3.8) is 0 Å². The first-order chi connectivity index (χ1) is 10.5. The molecule has 1 aromatic heterocycles. The van der Waals surface area contributed by atoms with E-state index in [9.17, 15) is 4.79 Å². The third kappa shape index (κ3) is 4.01. The SMILES string of the molecule is COC[C@H](C)NC(=O)Nc1cc(-c2nnn(C)n2)ccc1C. The molecule has 0 aliphatic heterocycles. The van der Waals surface area contributed by atoms with Crippen LogP contribution < -0.4 is 10.6 Å². The number of methoxy groups -OCH3 is 1. The highest BCUT2D eigenvalue weighted by Gasteiger charge is 2.11. The van der Waals surface area contributed by atoms with Crippen LogP contribution in [0.1, 0.15) is 12.5 Å². The zero-order valence-electron chi connectivity index (χ0n) is 13.1. The fourth-order valence-corrected chi connectivity index (χ4v) is 1.97. The number of nitrogens with zero attached hydrogens (tertiary/aromatic N) is 4. The molecule has 0 bridgehead atoms. The van der Waals surface area contributed by atoms with Crippen LogP contribution in [0.5, 0.6) is 0 Å². The zero-order chi connectivity index (χ0) is 16.1. The van der Waals surface area contributed by atoms with Crippen molar-refractivity contribution in [2.45, 2.75) is 19.9 Å². The van der Waals surface area contributed by atoms with Crippen molar-refractivity contribution in [1.82, 2.24) is 25.5 Å². The fourth-order valence-electron chi connectivity index (χ4n) is 1.97. The molecular formula is C14H20N6O2. The second-order valence-electron chi connectivity index (χ2n) is 5.09. The number of tetrazole rings is 1. The van der Waals surface area contributed by atoms with Crippen LogP contribution in [0.3, 0.4) is 0 Å². The maximum atomic E-state index is 12.0. The monoisotopic (exact) mass is 304 g/mol. The van der Waals surface area contributed by atoms with E-state index in [2.05, 4.69) is 26.0 Å². The minimum atomic E-state index is -0.281. The Morgan fingerprint density at radius 1 is 1.45 bits per heavy atom. The molecule has 0 spiro atoms. The summed E-state index contributed by atoms with van der Waals surface area (Å²) in [7, 11) is 3.30. The molecule has 8 nitrogen and oxygen atoms in total. The van der Waals surface area contributed by atoms with Crippen molar-refractivity contribution in [2.75, 3.05) is 19.0 Å². The predicted molar refractivity (Wildman–Crippen MR) is 82.5 cm³/mol. The molecule has 2 N–H and O–H groups in total. The smallest absolute Gasteiger partial charge is 0.319 e. The Balaban J connectivity index is 2.12. The van der Waals surface area contributed by atoms with Crippen LogP contribution in [0, 0.1) is 6.92 Å². The van der Waals surface area contributed by atoms with Crippen molar-refractivity contribution < 1.29 is 9.53 Å². The Labute approximate surface area is 128 Å². The normalized spacial score (nSPS) is 12.0. The largest absolute Gasteiger partial charge is 0.383 e. The summed E-state index contributed by atoms with van der Waals surface area (Å²) in [6.45, 7) is 4.24. The van der Waals surface area contributed by atoms with Gasteiger partial charge in [0.05, 0.1) is 19.7 Å². The minimum Gasteiger partial charge on any atom is -0.383 e. The number of rotatable bonds is 5. The third-order valence-corrected chi connectivity index (χ3v) is 3.05. The van der Waals surface area contributed by atoms with Gasteiger partial charge in [-0.05, 0) is 30.7 Å². The van der Waals surface area contributed by atoms with Gasteiger partial charge < -0.3 is 15.4 Å². The molecule has 0 unspecified atom stereocenters. The number of carbonyl (C=O) groups is 1. The lowest BCUT2D eigenvalue weighted by molar-refractivity contribution is 0.173. The highest BCUT2D eigenvalue weighted by atomic mass is 16.5. The van der Waals surface area contributed by atoms with E-state index < -0.39 is 0 Å². The van der Waals surface area contributed by atoms with Crippen molar-refractivity contribution >= 4 is 11.7 Å². The first-order valence-corrected chi connectivity index (χ1v) is 6.91. The quantitative estimate of drug-likeness (QED) is 0.869. The van der Waals surface area contributed by atoms with Gasteiger partial charge in [0.25, 0.3) is 0 Å². The van der Waals surface area contributed by atoms with Gasteiger partial charge >= 0.3 is 6.03 Å². The van der Waals surface area contributed by atoms with Gasteiger partial charge in [0.15, 0.2) is 0 Å². The molecule has 1 atom stereocenters. The summed E-state index contributed by atoms with van der Waals surface area (Å²) >= 11 is 0. The van der Waals surface area contributed by atoms with E-state index in [0.717, 1.165) is 11.1 Å². The number of carbonyl (C=O) groups excluding carboxylic acids is 1. The Morgan fingerprint density at radius 3 is 2.86 bits per heavy atom. The molecule has 1 aromatic carbocycles. The molecule has 22 heavy (non-hydrogen) atoms. The number of hydrogen-bond donors (Lipinski definition) is 2. The maximum absolute atomic E-state index is 12.0. The third-order valence-electron chi connectivity index (χ3n) is 3.05. The number of benzene rings is 1. The average molecular weight is 304 g/mol. The Kier molecular flexibility index (Phi) is 5.05. The van der Waals surface area contributed by atoms with Crippen LogP contribution in [-0.4, -0.2) is 46.0 Å². The van der Waals surface area contributed by atoms with Gasteiger partial charge in [-0.1, -0.05) is 12.1 Å². The number of nitrogens with one attached hydrogen (secondary N) is 2. The van der Waals surface area contributed by atoms with E-state index in [1.165, 1.54) is 4.80 Å². The lowest BCUT2D eigenvalue weighted by Gasteiger charge is -2.15. The Morgan fingerprint density at radius 2 is 2.23 bits per heavy atom. The van der Waals surface area contributed by atoms with Crippen LogP contribution in [0.15, 0.2) is 18.2 Å². The average Bonchev–Trinajstić information content (AvgIpc) is 2.88. The van der Waals surface area contributed by atoms with Gasteiger partial charge in [0.1, 0.15) is 0 Å². The van der Waals surface area contributed by atoms with Crippen molar-refractivity contribution in [2.24, 2.45) is 7.05 Å². The molecule has 0 fully saturated rings. The Bertz CT molecular complexity index is 655. The fraction of sp³-hybridized carbons (Fsp3) is 0.429. The zero-order valence-corrected chi connectivity index (χ0v) is 13.1. The molecule has 0 saturated carbocycles. The van der Waals surface area contributed by atoms with Crippen LogP contribution >= 0.6 is 0 Å². The van der Waals surface area contributed by atoms with E-state index in [4.69, 9.17) is 4.74 Å². The lowest BCUT2D eigenvalue weighted by atomic mass is 10.1. The summed E-state index contributed by atoms with van der Waals surface area (Å²) in [6, 6.07) is 5.27. The first kappa shape index (κ1) is 15.9. The molecule has 0 saturated heterocycles. The molecular weight excluding hydrogens is 284 g/mol. The molecule has 8 heteroatoms. The Hall–Kier alpha value is -2.48. The van der Waals surface area contributed by atoms with E-state index in [1.807, 2.05) is 32.0 Å². The molecule has 2 aromatic rings. The highest BCUT2D eigenvalue weighted by molar-refractivity contribution is 5.91. The lowest BCUT2D eigenvalue weighted by Crippen LogP contribution is -2.38. The van der Waals surface area contributed by atoms with Gasteiger partial charge in [0.2, 0.25) is 5.82 Å². The van der Waals surface area contributed by atoms with E-state index in [-0.39, 0.29) is 12.1 Å². The van der Waals surface area contributed by atoms with Gasteiger partial charge in [-0.3, -0.25) is 0 Å². The first-order valence-electron chi connectivity index (χ1n) is 6.91. The van der Waals surface area contributed by atoms with Gasteiger partial charge in [-0.15, -0.1) is 10.2 Å². The van der Waals surface area contributed by atoms with Crippen LogP contribution in [0.2, 0.25) is 0 Å². The molecule has 0 radical (unpaired) electrons. The van der Waals surface area contributed by atoms with Gasteiger partial charge in [-0.2, -0.15) is 4.80 Å². The number of amides is 2. The summed E-state index contributed by atoms with van der Waals surface area (Å²) in [6.07, 6.45) is 0. The molecule has 2 rings (SSSR count). The van der Waals surface area contributed by atoms with E-state index >= 15 is 0 Å². The van der Waals surface area contributed by atoms with Crippen molar-refractivity contribution in [1.29, 1.82) is 0 Å². The number of aryl methyl sites for hydroxylation is 2.